The predicted octanol–water partition coefficient (Wildman–Crippen LogP) is 0.691. The fourth-order valence-corrected chi connectivity index (χ4v) is 1.62. The standard InChI is InChI=1S/C5H8O4P/c1-8-10(7)4-2-3-9-5(4)6/h4H,2-3H2,1H3/q+1. The zero-order valence-electron chi connectivity index (χ0n) is 5.57. The summed E-state index contributed by atoms with van der Waals surface area (Å²) in [6, 6.07) is 0. The zero-order chi connectivity index (χ0) is 7.56. The van der Waals surface area contributed by atoms with Gasteiger partial charge in [-0.05, 0) is 4.57 Å². The van der Waals surface area contributed by atoms with Gasteiger partial charge in [0.2, 0.25) is 0 Å². The van der Waals surface area contributed by atoms with Gasteiger partial charge in [-0.2, -0.15) is 0 Å². The van der Waals surface area contributed by atoms with Crippen molar-refractivity contribution in [2.45, 2.75) is 12.1 Å². The van der Waals surface area contributed by atoms with Crippen molar-refractivity contribution in [3.63, 3.8) is 0 Å². The molecule has 0 aliphatic carbocycles. The van der Waals surface area contributed by atoms with Crippen LogP contribution >= 0.6 is 8.03 Å². The van der Waals surface area contributed by atoms with Gasteiger partial charge < -0.3 is 4.74 Å². The van der Waals surface area contributed by atoms with E-state index in [1.54, 1.807) is 0 Å². The maximum Gasteiger partial charge on any atom is 0.523 e. The molecule has 2 unspecified atom stereocenters. The molecule has 10 heavy (non-hydrogen) atoms. The second-order valence-corrected chi connectivity index (χ2v) is 3.50. The van der Waals surface area contributed by atoms with Gasteiger partial charge in [0.25, 0.3) is 5.66 Å². The maximum atomic E-state index is 10.8. The molecule has 0 spiro atoms. The molecule has 0 bridgehead atoms. The van der Waals surface area contributed by atoms with Crippen LogP contribution in [0.4, 0.5) is 0 Å². The molecular formula is C5H8O4P+. The molecule has 1 heterocycles. The van der Waals surface area contributed by atoms with E-state index in [2.05, 4.69) is 9.26 Å². The van der Waals surface area contributed by atoms with Crippen molar-refractivity contribution in [2.24, 2.45) is 0 Å². The van der Waals surface area contributed by atoms with Gasteiger partial charge in [0.05, 0.1) is 13.7 Å². The fraction of sp³-hybridized carbons (Fsp3) is 0.800. The largest absolute Gasteiger partial charge is 0.523 e. The summed E-state index contributed by atoms with van der Waals surface area (Å²) < 4.78 is 19.9. The number of cyclic esters (lactones) is 1. The van der Waals surface area contributed by atoms with Crippen molar-refractivity contribution in [3.8, 4) is 0 Å². The van der Waals surface area contributed by atoms with E-state index in [9.17, 15) is 9.36 Å². The van der Waals surface area contributed by atoms with E-state index in [0.29, 0.717) is 13.0 Å². The van der Waals surface area contributed by atoms with E-state index in [1.165, 1.54) is 7.11 Å². The number of hydrogen-bond donors (Lipinski definition) is 0. The van der Waals surface area contributed by atoms with Crippen molar-refractivity contribution >= 4 is 14.0 Å². The summed E-state index contributed by atoms with van der Waals surface area (Å²) in [5, 5.41) is 0. The van der Waals surface area contributed by atoms with Gasteiger partial charge in [-0.1, -0.05) is 0 Å². The lowest BCUT2D eigenvalue weighted by molar-refractivity contribution is -0.137. The van der Waals surface area contributed by atoms with Crippen molar-refractivity contribution in [1.82, 2.24) is 0 Å². The minimum atomic E-state index is -1.84. The Hall–Kier alpha value is -0.470. The second-order valence-electron chi connectivity index (χ2n) is 1.94. The Labute approximate surface area is 59.4 Å². The van der Waals surface area contributed by atoms with E-state index < -0.39 is 19.7 Å². The average molecular weight is 163 g/mol. The lowest BCUT2D eigenvalue weighted by atomic mass is 10.4. The van der Waals surface area contributed by atoms with Gasteiger partial charge in [0.1, 0.15) is 0 Å². The van der Waals surface area contributed by atoms with E-state index in [4.69, 9.17) is 0 Å². The van der Waals surface area contributed by atoms with Crippen LogP contribution in [0.5, 0.6) is 0 Å². The smallest absolute Gasteiger partial charge is 0.462 e. The molecule has 56 valence electrons. The molecule has 1 rings (SSSR count). The van der Waals surface area contributed by atoms with Crippen molar-refractivity contribution in [3.05, 3.63) is 0 Å². The number of hydrogen-bond acceptors (Lipinski definition) is 4. The van der Waals surface area contributed by atoms with Gasteiger partial charge >= 0.3 is 14.0 Å². The van der Waals surface area contributed by atoms with E-state index >= 15 is 0 Å². The molecule has 1 aliphatic rings. The minimum absolute atomic E-state index is 0.369. The fourth-order valence-electron chi connectivity index (χ4n) is 0.804. The summed E-state index contributed by atoms with van der Waals surface area (Å²) >= 11 is 0. The molecule has 0 aromatic rings. The molecule has 0 saturated carbocycles. The molecule has 4 nitrogen and oxygen atoms in total. The van der Waals surface area contributed by atoms with E-state index in [1.807, 2.05) is 0 Å². The summed E-state index contributed by atoms with van der Waals surface area (Å²) in [5.41, 5.74) is -0.528. The Morgan fingerprint density at radius 1 is 1.80 bits per heavy atom. The lowest BCUT2D eigenvalue weighted by Gasteiger charge is -1.86. The highest BCUT2D eigenvalue weighted by Crippen LogP contribution is 2.34. The number of carbonyl (C=O) groups is 1. The van der Waals surface area contributed by atoms with Crippen LogP contribution in [0.2, 0.25) is 0 Å². The molecule has 0 N–H and O–H groups in total. The molecule has 5 heteroatoms. The van der Waals surface area contributed by atoms with E-state index in [-0.39, 0.29) is 0 Å². The Morgan fingerprint density at radius 2 is 2.50 bits per heavy atom. The first-order valence-corrected chi connectivity index (χ1v) is 4.17. The average Bonchev–Trinajstić information content (AvgIpc) is 2.34. The Bertz CT molecular complexity index is 167. The monoisotopic (exact) mass is 163 g/mol. The summed E-state index contributed by atoms with van der Waals surface area (Å²) in [6.45, 7) is 0.369. The molecule has 0 aromatic carbocycles. The highest BCUT2D eigenvalue weighted by molar-refractivity contribution is 7.41. The minimum Gasteiger partial charge on any atom is -0.462 e. The van der Waals surface area contributed by atoms with Crippen molar-refractivity contribution in [2.75, 3.05) is 13.7 Å². The van der Waals surface area contributed by atoms with Crippen molar-refractivity contribution in [1.29, 1.82) is 0 Å². The molecule has 1 fully saturated rings. The first kappa shape index (κ1) is 7.63. The Balaban J connectivity index is 2.55. The highest BCUT2D eigenvalue weighted by atomic mass is 31.1. The van der Waals surface area contributed by atoms with Gasteiger partial charge in [-0.15, -0.1) is 4.52 Å². The van der Waals surface area contributed by atoms with Crippen LogP contribution in [0.3, 0.4) is 0 Å². The third-order valence-electron chi connectivity index (χ3n) is 1.34. The first-order chi connectivity index (χ1) is 4.75. The molecule has 2 atom stereocenters. The number of carbonyl (C=O) groups excluding carboxylic acids is 1. The topological polar surface area (TPSA) is 52.6 Å². The van der Waals surface area contributed by atoms with Crippen LogP contribution in [-0.2, 0) is 18.6 Å². The number of ether oxygens (including phenoxy) is 1. The summed E-state index contributed by atoms with van der Waals surface area (Å²) in [4.78, 5) is 10.7. The molecule has 1 aliphatic heterocycles. The van der Waals surface area contributed by atoms with Crippen LogP contribution < -0.4 is 0 Å². The SMILES string of the molecule is CO[P+](=O)C1CCOC1=O. The van der Waals surface area contributed by atoms with Crippen LogP contribution in [-0.4, -0.2) is 25.3 Å². The van der Waals surface area contributed by atoms with E-state index in [0.717, 1.165) is 0 Å². The second kappa shape index (κ2) is 3.08. The van der Waals surface area contributed by atoms with Crippen molar-refractivity contribution < 1.29 is 18.6 Å². The molecular weight excluding hydrogens is 155 g/mol. The van der Waals surface area contributed by atoms with Crippen LogP contribution in [0.25, 0.3) is 0 Å². The van der Waals surface area contributed by atoms with Crippen LogP contribution in [0.1, 0.15) is 6.42 Å². The normalized spacial score (nSPS) is 26.3. The number of esters is 1. The van der Waals surface area contributed by atoms with Gasteiger partial charge in [0, 0.05) is 6.42 Å². The molecule has 0 aromatic heterocycles. The van der Waals surface area contributed by atoms with Crippen LogP contribution in [0, 0.1) is 0 Å². The van der Waals surface area contributed by atoms with Crippen LogP contribution in [0.15, 0.2) is 0 Å². The Kier molecular flexibility index (Phi) is 2.35. The predicted molar refractivity (Wildman–Crippen MR) is 34.0 cm³/mol. The zero-order valence-corrected chi connectivity index (χ0v) is 6.47. The summed E-state index contributed by atoms with van der Waals surface area (Å²) in [7, 11) is -0.520. The van der Waals surface area contributed by atoms with Gasteiger partial charge in [-0.25, -0.2) is 4.79 Å². The molecule has 0 radical (unpaired) electrons. The first-order valence-electron chi connectivity index (χ1n) is 2.93. The lowest BCUT2D eigenvalue weighted by Crippen LogP contribution is -2.09. The maximum absolute atomic E-state index is 10.8. The van der Waals surface area contributed by atoms with Gasteiger partial charge in [0.15, 0.2) is 0 Å². The molecule has 1 saturated heterocycles. The Morgan fingerprint density at radius 3 is 2.90 bits per heavy atom. The third kappa shape index (κ3) is 1.33. The third-order valence-corrected chi connectivity index (χ3v) is 2.68. The molecule has 0 amide bonds. The summed E-state index contributed by atoms with van der Waals surface area (Å²) in [5.74, 6) is -0.400. The number of rotatable bonds is 2. The quantitative estimate of drug-likeness (QED) is 0.444. The highest BCUT2D eigenvalue weighted by Gasteiger charge is 2.44. The van der Waals surface area contributed by atoms with Gasteiger partial charge in [-0.3, -0.25) is 0 Å². The summed E-state index contributed by atoms with van der Waals surface area (Å²) in [6.07, 6.45) is 0.516.